The van der Waals surface area contributed by atoms with Crippen molar-refractivity contribution in [2.75, 3.05) is 18.0 Å². The zero-order valence-corrected chi connectivity index (χ0v) is 8.45. The summed E-state index contributed by atoms with van der Waals surface area (Å²) in [5, 5.41) is 0. The van der Waals surface area contributed by atoms with Gasteiger partial charge in [-0.05, 0) is 26.2 Å². The highest BCUT2D eigenvalue weighted by Gasteiger charge is 2.13. The molecule has 0 radical (unpaired) electrons. The van der Waals surface area contributed by atoms with Gasteiger partial charge >= 0.3 is 0 Å². The Balaban J connectivity index is 2.14. The number of hydrogen-bond acceptors (Lipinski definition) is 2. The third kappa shape index (κ3) is 1.69. The fourth-order valence-corrected chi connectivity index (χ4v) is 1.82. The van der Waals surface area contributed by atoms with Gasteiger partial charge in [-0.2, -0.15) is 0 Å². The van der Waals surface area contributed by atoms with Gasteiger partial charge in [-0.3, -0.25) is 0 Å². The molecule has 1 aliphatic rings. The summed E-state index contributed by atoms with van der Waals surface area (Å²) in [5.74, 6) is 2.25. The maximum absolute atomic E-state index is 4.52. The summed E-state index contributed by atoms with van der Waals surface area (Å²) in [6.45, 7) is 4.40. The van der Waals surface area contributed by atoms with Crippen molar-refractivity contribution in [1.82, 2.24) is 9.55 Å². The van der Waals surface area contributed by atoms with Crippen LogP contribution in [0.3, 0.4) is 0 Å². The van der Waals surface area contributed by atoms with Crippen LogP contribution in [0.1, 0.15) is 25.1 Å². The van der Waals surface area contributed by atoms with Gasteiger partial charge in [0.05, 0.1) is 0 Å². The number of aryl methyl sites for hydroxylation is 2. The van der Waals surface area contributed by atoms with Gasteiger partial charge in [0.25, 0.3) is 0 Å². The predicted octanol–water partition coefficient (Wildman–Crippen LogP) is 1.72. The highest BCUT2D eigenvalue weighted by molar-refractivity contribution is 5.37. The molecule has 2 heterocycles. The molecule has 0 spiro atoms. The van der Waals surface area contributed by atoms with Crippen molar-refractivity contribution in [3.8, 4) is 0 Å². The number of aromatic nitrogens is 2. The number of nitrogens with zero attached hydrogens (tertiary/aromatic N) is 3. The lowest BCUT2D eigenvalue weighted by atomic mass is 10.1. The zero-order chi connectivity index (χ0) is 9.26. The summed E-state index contributed by atoms with van der Waals surface area (Å²) in [6, 6.07) is 0. The van der Waals surface area contributed by atoms with Crippen LogP contribution in [-0.2, 0) is 7.05 Å². The van der Waals surface area contributed by atoms with E-state index in [1.54, 1.807) is 0 Å². The Morgan fingerprint density at radius 1 is 1.23 bits per heavy atom. The molecule has 0 aliphatic carbocycles. The molecule has 72 valence electrons. The fourth-order valence-electron chi connectivity index (χ4n) is 1.82. The van der Waals surface area contributed by atoms with Crippen LogP contribution >= 0.6 is 0 Å². The van der Waals surface area contributed by atoms with Crippen molar-refractivity contribution in [2.24, 2.45) is 7.05 Å². The van der Waals surface area contributed by atoms with Crippen LogP contribution in [-0.4, -0.2) is 22.6 Å². The lowest BCUT2D eigenvalue weighted by molar-refractivity contribution is 0.574. The molecule has 0 N–H and O–H groups in total. The molecular formula is C10H17N3. The van der Waals surface area contributed by atoms with Crippen LogP contribution in [0.15, 0.2) is 6.20 Å². The largest absolute Gasteiger partial charge is 0.355 e. The van der Waals surface area contributed by atoms with E-state index in [2.05, 4.69) is 27.7 Å². The van der Waals surface area contributed by atoms with Gasteiger partial charge in [0.1, 0.15) is 11.6 Å². The van der Waals surface area contributed by atoms with E-state index in [-0.39, 0.29) is 0 Å². The second kappa shape index (κ2) is 3.40. The maximum Gasteiger partial charge on any atom is 0.147 e. The monoisotopic (exact) mass is 179 g/mol. The van der Waals surface area contributed by atoms with E-state index in [0.29, 0.717) is 0 Å². The van der Waals surface area contributed by atoms with Crippen molar-refractivity contribution < 1.29 is 0 Å². The molecule has 3 heteroatoms. The van der Waals surface area contributed by atoms with E-state index >= 15 is 0 Å². The number of rotatable bonds is 1. The molecule has 0 aromatic carbocycles. The second-order valence-corrected chi connectivity index (χ2v) is 3.80. The Hall–Kier alpha value is -0.990. The van der Waals surface area contributed by atoms with Gasteiger partial charge in [-0.15, -0.1) is 0 Å². The zero-order valence-electron chi connectivity index (χ0n) is 8.45. The van der Waals surface area contributed by atoms with E-state index in [1.807, 2.05) is 6.92 Å². The van der Waals surface area contributed by atoms with Crippen LogP contribution in [0.25, 0.3) is 0 Å². The molecule has 0 unspecified atom stereocenters. The molecule has 3 nitrogen and oxygen atoms in total. The van der Waals surface area contributed by atoms with Crippen LogP contribution in [0, 0.1) is 6.92 Å². The van der Waals surface area contributed by atoms with Gasteiger partial charge in [-0.25, -0.2) is 4.98 Å². The van der Waals surface area contributed by atoms with Crippen molar-refractivity contribution in [3.63, 3.8) is 0 Å². The van der Waals surface area contributed by atoms with E-state index < -0.39 is 0 Å². The molecule has 13 heavy (non-hydrogen) atoms. The van der Waals surface area contributed by atoms with E-state index in [9.17, 15) is 0 Å². The van der Waals surface area contributed by atoms with Crippen molar-refractivity contribution in [3.05, 3.63) is 12.0 Å². The Kier molecular flexibility index (Phi) is 2.25. The minimum Gasteiger partial charge on any atom is -0.355 e. The van der Waals surface area contributed by atoms with Crippen LogP contribution in [0.5, 0.6) is 0 Å². The smallest absolute Gasteiger partial charge is 0.147 e. The quantitative estimate of drug-likeness (QED) is 0.654. The van der Waals surface area contributed by atoms with E-state index in [4.69, 9.17) is 0 Å². The number of imidazole rings is 1. The summed E-state index contributed by atoms with van der Waals surface area (Å²) < 4.78 is 2.09. The summed E-state index contributed by atoms with van der Waals surface area (Å²) >= 11 is 0. The van der Waals surface area contributed by atoms with Crippen LogP contribution < -0.4 is 4.90 Å². The normalized spacial score (nSPS) is 17.8. The van der Waals surface area contributed by atoms with E-state index in [0.717, 1.165) is 11.6 Å². The summed E-state index contributed by atoms with van der Waals surface area (Å²) in [6.07, 6.45) is 6.13. The van der Waals surface area contributed by atoms with Gasteiger partial charge in [-0.1, -0.05) is 0 Å². The van der Waals surface area contributed by atoms with Crippen LogP contribution in [0.4, 0.5) is 5.82 Å². The van der Waals surface area contributed by atoms with Gasteiger partial charge < -0.3 is 9.47 Å². The van der Waals surface area contributed by atoms with Gasteiger partial charge in [0.2, 0.25) is 0 Å². The fraction of sp³-hybridized carbons (Fsp3) is 0.700. The lowest BCUT2D eigenvalue weighted by Gasteiger charge is -2.26. The summed E-state index contributed by atoms with van der Waals surface area (Å²) in [5.41, 5.74) is 0. The minimum absolute atomic E-state index is 1.10. The van der Waals surface area contributed by atoms with Crippen molar-refractivity contribution in [2.45, 2.75) is 26.2 Å². The average molecular weight is 179 g/mol. The SMILES string of the molecule is Cc1nc(N2CCCCC2)cn1C. The highest BCUT2D eigenvalue weighted by Crippen LogP contribution is 2.18. The number of piperidine rings is 1. The molecule has 0 amide bonds. The summed E-state index contributed by atoms with van der Waals surface area (Å²) in [7, 11) is 2.05. The number of anilines is 1. The van der Waals surface area contributed by atoms with Gasteiger partial charge in [0, 0.05) is 26.3 Å². The van der Waals surface area contributed by atoms with Crippen LogP contribution in [0.2, 0.25) is 0 Å². The van der Waals surface area contributed by atoms with E-state index in [1.165, 1.54) is 32.4 Å². The van der Waals surface area contributed by atoms with Crippen molar-refractivity contribution in [1.29, 1.82) is 0 Å². The first-order valence-electron chi connectivity index (χ1n) is 5.02. The molecule has 0 bridgehead atoms. The first kappa shape index (κ1) is 8.60. The van der Waals surface area contributed by atoms with Crippen molar-refractivity contribution >= 4 is 5.82 Å². The molecule has 1 aromatic heterocycles. The Bertz CT molecular complexity index is 265. The second-order valence-electron chi connectivity index (χ2n) is 3.80. The molecule has 1 fully saturated rings. The average Bonchev–Trinajstić information content (AvgIpc) is 2.49. The number of hydrogen-bond donors (Lipinski definition) is 0. The maximum atomic E-state index is 4.52. The minimum atomic E-state index is 1.10. The molecule has 2 rings (SSSR count). The molecule has 1 aromatic rings. The molecular weight excluding hydrogens is 162 g/mol. The lowest BCUT2D eigenvalue weighted by Crippen LogP contribution is -2.29. The third-order valence-electron chi connectivity index (χ3n) is 2.78. The topological polar surface area (TPSA) is 21.1 Å². The summed E-state index contributed by atoms with van der Waals surface area (Å²) in [4.78, 5) is 6.91. The molecule has 0 saturated carbocycles. The Morgan fingerprint density at radius 2 is 1.92 bits per heavy atom. The third-order valence-corrected chi connectivity index (χ3v) is 2.78. The first-order chi connectivity index (χ1) is 6.27. The highest BCUT2D eigenvalue weighted by atomic mass is 15.2. The first-order valence-corrected chi connectivity index (χ1v) is 5.02. The standard InChI is InChI=1S/C10H17N3/c1-9-11-10(8-12(9)2)13-6-4-3-5-7-13/h8H,3-7H2,1-2H3. The molecule has 1 saturated heterocycles. The molecule has 0 atom stereocenters. The Morgan fingerprint density at radius 3 is 2.46 bits per heavy atom. The Labute approximate surface area is 79.4 Å². The predicted molar refractivity (Wildman–Crippen MR) is 54.0 cm³/mol. The molecule has 1 aliphatic heterocycles. The van der Waals surface area contributed by atoms with Gasteiger partial charge in [0.15, 0.2) is 0 Å².